The number of rotatable bonds is 4. The van der Waals surface area contributed by atoms with Crippen LogP contribution in [0.2, 0.25) is 5.02 Å². The Morgan fingerprint density at radius 2 is 2.14 bits per heavy atom. The van der Waals surface area contributed by atoms with Gasteiger partial charge in [0.2, 0.25) is 0 Å². The van der Waals surface area contributed by atoms with E-state index < -0.39 is 0 Å². The summed E-state index contributed by atoms with van der Waals surface area (Å²) in [4.78, 5) is 6.34. The Hall–Kier alpha value is -0.420. The van der Waals surface area contributed by atoms with E-state index >= 15 is 0 Å². The maximum absolute atomic E-state index is 6.27. The molecule has 1 atom stereocenters. The van der Waals surface area contributed by atoms with Gasteiger partial charge in [0.1, 0.15) is 5.01 Å². The van der Waals surface area contributed by atoms with E-state index in [0.717, 1.165) is 20.9 Å². The van der Waals surface area contributed by atoms with Gasteiger partial charge in [-0.15, -0.1) is 11.3 Å². The molecule has 0 fully saturated rings. The van der Waals surface area contributed by atoms with Crippen molar-refractivity contribution in [2.75, 3.05) is 0 Å². The highest BCUT2D eigenvalue weighted by molar-refractivity contribution is 9.10. The van der Waals surface area contributed by atoms with Crippen molar-refractivity contribution < 1.29 is 0 Å². The SMILES string of the molecule is CC(C)NC(c1ccc(Br)c(Cl)c1)c1nc2c(s1)CCC2. The number of nitrogens with one attached hydrogen (secondary N) is 1. The molecule has 1 N–H and O–H groups in total. The Bertz CT molecular complexity index is 632. The van der Waals surface area contributed by atoms with Crippen LogP contribution in [0.5, 0.6) is 0 Å². The third kappa shape index (κ3) is 3.34. The lowest BCUT2D eigenvalue weighted by molar-refractivity contribution is 0.526. The van der Waals surface area contributed by atoms with Crippen LogP contribution in [-0.2, 0) is 12.8 Å². The summed E-state index contributed by atoms with van der Waals surface area (Å²) < 4.78 is 0.929. The topological polar surface area (TPSA) is 24.9 Å². The maximum atomic E-state index is 6.27. The highest BCUT2D eigenvalue weighted by Crippen LogP contribution is 2.35. The summed E-state index contributed by atoms with van der Waals surface area (Å²) in [6.07, 6.45) is 3.56. The fourth-order valence-electron chi connectivity index (χ4n) is 2.67. The van der Waals surface area contributed by atoms with E-state index in [1.54, 1.807) is 0 Å². The standard InChI is InChI=1S/C16H18BrClN2S/c1-9(2)19-15(10-6-7-11(17)12(18)8-10)16-20-13-4-3-5-14(13)21-16/h6-9,15,19H,3-5H2,1-2H3. The van der Waals surface area contributed by atoms with Gasteiger partial charge in [0, 0.05) is 15.4 Å². The summed E-state index contributed by atoms with van der Waals surface area (Å²) in [5.74, 6) is 0. The molecule has 0 radical (unpaired) electrons. The van der Waals surface area contributed by atoms with Gasteiger partial charge in [-0.05, 0) is 66.7 Å². The van der Waals surface area contributed by atoms with Crippen LogP contribution in [0.3, 0.4) is 0 Å². The van der Waals surface area contributed by atoms with Gasteiger partial charge in [0.25, 0.3) is 0 Å². The van der Waals surface area contributed by atoms with Gasteiger partial charge >= 0.3 is 0 Å². The second-order valence-electron chi connectivity index (χ2n) is 5.70. The summed E-state index contributed by atoms with van der Waals surface area (Å²) in [6.45, 7) is 4.32. The number of aromatic nitrogens is 1. The minimum Gasteiger partial charge on any atom is -0.302 e. The second-order valence-corrected chi connectivity index (χ2v) is 8.08. The fourth-order valence-corrected chi connectivity index (χ4v) is 4.35. The number of halogens is 2. The maximum Gasteiger partial charge on any atom is 0.115 e. The van der Waals surface area contributed by atoms with E-state index in [0.29, 0.717) is 6.04 Å². The molecule has 0 bridgehead atoms. The molecular formula is C16H18BrClN2S. The molecule has 0 spiro atoms. The number of thiazole rings is 1. The summed E-state index contributed by atoms with van der Waals surface area (Å²) in [7, 11) is 0. The van der Waals surface area contributed by atoms with Crippen molar-refractivity contribution in [2.45, 2.75) is 45.2 Å². The zero-order valence-corrected chi connectivity index (χ0v) is 15.3. The smallest absolute Gasteiger partial charge is 0.115 e. The summed E-state index contributed by atoms with van der Waals surface area (Å²) in [6, 6.07) is 6.65. The molecule has 0 saturated heterocycles. The van der Waals surface area contributed by atoms with Crippen molar-refractivity contribution in [3.05, 3.63) is 48.8 Å². The lowest BCUT2D eigenvalue weighted by Gasteiger charge is -2.20. The number of fused-ring (bicyclic) bond motifs is 1. The lowest BCUT2D eigenvalue weighted by Crippen LogP contribution is -2.29. The lowest BCUT2D eigenvalue weighted by atomic mass is 10.1. The number of hydrogen-bond acceptors (Lipinski definition) is 3. The third-order valence-corrected chi connectivity index (χ3v) is 6.09. The molecule has 5 heteroatoms. The minimum absolute atomic E-state index is 0.117. The van der Waals surface area contributed by atoms with Crippen molar-refractivity contribution in [1.29, 1.82) is 0 Å². The van der Waals surface area contributed by atoms with Crippen LogP contribution < -0.4 is 5.32 Å². The van der Waals surface area contributed by atoms with Gasteiger partial charge < -0.3 is 5.32 Å². The molecule has 2 nitrogen and oxygen atoms in total. The molecule has 0 aliphatic heterocycles. The van der Waals surface area contributed by atoms with Gasteiger partial charge in [-0.2, -0.15) is 0 Å². The van der Waals surface area contributed by atoms with Crippen molar-refractivity contribution in [1.82, 2.24) is 10.3 Å². The van der Waals surface area contributed by atoms with E-state index in [2.05, 4.69) is 41.2 Å². The fraction of sp³-hybridized carbons (Fsp3) is 0.438. The van der Waals surface area contributed by atoms with E-state index in [1.165, 1.54) is 29.0 Å². The normalized spacial score (nSPS) is 15.5. The summed E-state index contributed by atoms with van der Waals surface area (Å²) in [5, 5.41) is 5.52. The Kier molecular flexibility index (Phi) is 4.69. The van der Waals surface area contributed by atoms with Crippen LogP contribution in [0.15, 0.2) is 22.7 Å². The molecule has 2 aromatic rings. The molecular weight excluding hydrogens is 368 g/mol. The molecule has 3 rings (SSSR count). The van der Waals surface area contributed by atoms with Gasteiger partial charge in [0.05, 0.1) is 16.8 Å². The van der Waals surface area contributed by atoms with Crippen LogP contribution in [0.1, 0.15) is 47.5 Å². The molecule has 1 unspecified atom stereocenters. The molecule has 1 heterocycles. The molecule has 0 amide bonds. The van der Waals surface area contributed by atoms with Crippen molar-refractivity contribution in [3.8, 4) is 0 Å². The van der Waals surface area contributed by atoms with Crippen molar-refractivity contribution >= 4 is 38.9 Å². The Balaban J connectivity index is 1.98. The zero-order chi connectivity index (χ0) is 15.0. The van der Waals surface area contributed by atoms with Crippen molar-refractivity contribution in [2.24, 2.45) is 0 Å². The molecule has 1 aliphatic rings. The van der Waals surface area contributed by atoms with Crippen LogP contribution in [0.25, 0.3) is 0 Å². The first-order valence-electron chi connectivity index (χ1n) is 7.24. The number of benzene rings is 1. The van der Waals surface area contributed by atoms with Gasteiger partial charge in [-0.1, -0.05) is 17.7 Å². The van der Waals surface area contributed by atoms with Crippen LogP contribution in [0.4, 0.5) is 0 Å². The highest BCUT2D eigenvalue weighted by Gasteiger charge is 2.24. The minimum atomic E-state index is 0.117. The monoisotopic (exact) mass is 384 g/mol. The van der Waals surface area contributed by atoms with Crippen LogP contribution >= 0.6 is 38.9 Å². The first-order chi connectivity index (χ1) is 10.0. The summed E-state index contributed by atoms with van der Waals surface area (Å²) >= 11 is 11.6. The van der Waals surface area contributed by atoms with E-state index in [4.69, 9.17) is 16.6 Å². The quantitative estimate of drug-likeness (QED) is 0.788. The molecule has 1 aliphatic carbocycles. The Morgan fingerprint density at radius 3 is 2.81 bits per heavy atom. The van der Waals surface area contributed by atoms with Gasteiger partial charge in [-0.25, -0.2) is 4.98 Å². The second kappa shape index (κ2) is 6.37. The highest BCUT2D eigenvalue weighted by atomic mass is 79.9. The average Bonchev–Trinajstić information content (AvgIpc) is 3.00. The van der Waals surface area contributed by atoms with E-state index in [9.17, 15) is 0 Å². The first kappa shape index (κ1) is 15.5. The Morgan fingerprint density at radius 1 is 1.33 bits per heavy atom. The van der Waals surface area contributed by atoms with E-state index in [1.807, 2.05) is 23.5 Å². The predicted molar refractivity (Wildman–Crippen MR) is 93.4 cm³/mol. The van der Waals surface area contributed by atoms with Crippen LogP contribution in [-0.4, -0.2) is 11.0 Å². The largest absolute Gasteiger partial charge is 0.302 e. The zero-order valence-electron chi connectivity index (χ0n) is 12.1. The third-order valence-electron chi connectivity index (χ3n) is 3.64. The van der Waals surface area contributed by atoms with Crippen molar-refractivity contribution in [3.63, 3.8) is 0 Å². The number of hydrogen-bond donors (Lipinski definition) is 1. The van der Waals surface area contributed by atoms with E-state index in [-0.39, 0.29) is 6.04 Å². The molecule has 21 heavy (non-hydrogen) atoms. The predicted octanol–water partition coefficient (Wildman–Crippen LogP) is 5.14. The average molecular weight is 386 g/mol. The first-order valence-corrected chi connectivity index (χ1v) is 9.23. The molecule has 1 aromatic carbocycles. The number of nitrogens with zero attached hydrogens (tertiary/aromatic N) is 1. The van der Waals surface area contributed by atoms with Crippen LogP contribution in [0, 0.1) is 0 Å². The molecule has 112 valence electrons. The van der Waals surface area contributed by atoms with Gasteiger partial charge in [0.15, 0.2) is 0 Å². The summed E-state index contributed by atoms with van der Waals surface area (Å²) in [5.41, 5.74) is 2.47. The molecule has 0 saturated carbocycles. The Labute approximate surface area is 143 Å². The number of aryl methyl sites for hydroxylation is 2. The molecule has 1 aromatic heterocycles. The van der Waals surface area contributed by atoms with Gasteiger partial charge in [-0.3, -0.25) is 0 Å².